The van der Waals surface area contributed by atoms with Crippen LogP contribution in [0, 0.1) is 0 Å². The Bertz CT molecular complexity index is 812. The van der Waals surface area contributed by atoms with Crippen molar-refractivity contribution >= 4 is 39.7 Å². The summed E-state index contributed by atoms with van der Waals surface area (Å²) >= 11 is 5.82. The third-order valence-electron chi connectivity index (χ3n) is 3.77. The zero-order chi connectivity index (χ0) is 15.7. The molecule has 1 aromatic heterocycles. The first-order chi connectivity index (χ1) is 10.5. The Hall–Kier alpha value is -1.34. The van der Waals surface area contributed by atoms with Crippen LogP contribution in [-0.2, 0) is 16.4 Å². The highest BCUT2D eigenvalue weighted by Crippen LogP contribution is 2.32. The number of anilines is 1. The fourth-order valence-corrected chi connectivity index (χ4v) is 4.23. The first-order valence-electron chi connectivity index (χ1n) is 6.97. The number of nitrogens with two attached hydrogens (primary N) is 1. The van der Waals surface area contributed by atoms with Gasteiger partial charge in [-0.3, -0.25) is 4.98 Å². The fraction of sp³-hybridized carbons (Fsp3) is 0.267. The van der Waals surface area contributed by atoms with Crippen molar-refractivity contribution < 1.29 is 8.42 Å². The summed E-state index contributed by atoms with van der Waals surface area (Å²) in [6.07, 6.45) is 5.28. The van der Waals surface area contributed by atoms with Gasteiger partial charge in [-0.05, 0) is 48.6 Å². The Morgan fingerprint density at radius 2 is 2.04 bits per heavy atom. The molecular weight excluding hydrogens is 357 g/mol. The number of nitrogens with one attached hydrogen (secondary N) is 1. The molecule has 0 fully saturated rings. The van der Waals surface area contributed by atoms with Crippen LogP contribution in [0.3, 0.4) is 0 Å². The summed E-state index contributed by atoms with van der Waals surface area (Å²) in [7, 11) is -3.66. The van der Waals surface area contributed by atoms with E-state index in [0.717, 1.165) is 30.4 Å². The van der Waals surface area contributed by atoms with Crippen molar-refractivity contribution in [3.8, 4) is 0 Å². The van der Waals surface area contributed by atoms with E-state index in [1.54, 1.807) is 6.07 Å². The molecule has 0 saturated carbocycles. The number of nitrogen functional groups attached to an aromatic ring is 1. The molecule has 0 spiro atoms. The van der Waals surface area contributed by atoms with Crippen molar-refractivity contribution in [2.75, 3.05) is 5.73 Å². The van der Waals surface area contributed by atoms with Gasteiger partial charge in [0.15, 0.2) is 0 Å². The molecule has 2 aromatic rings. The van der Waals surface area contributed by atoms with Gasteiger partial charge in [0.05, 0.1) is 5.02 Å². The van der Waals surface area contributed by atoms with E-state index < -0.39 is 10.0 Å². The van der Waals surface area contributed by atoms with E-state index in [1.165, 1.54) is 18.5 Å². The number of nitrogens with zero attached hydrogens (tertiary/aromatic N) is 1. The number of rotatable bonds is 3. The zero-order valence-electron chi connectivity index (χ0n) is 12.2. The number of hydrogen-bond donors (Lipinski definition) is 2. The summed E-state index contributed by atoms with van der Waals surface area (Å²) in [5, 5.41) is 0.291. The molecule has 3 N–H and O–H groups in total. The van der Waals surface area contributed by atoms with E-state index in [-0.39, 0.29) is 23.3 Å². The number of pyridine rings is 1. The predicted molar refractivity (Wildman–Crippen MR) is 93.3 cm³/mol. The molecule has 0 radical (unpaired) electrons. The van der Waals surface area contributed by atoms with Crippen molar-refractivity contribution in [3.63, 3.8) is 0 Å². The number of fused-ring (bicyclic) bond motifs is 1. The highest BCUT2D eigenvalue weighted by atomic mass is 35.5. The summed E-state index contributed by atoms with van der Waals surface area (Å²) in [5.41, 5.74) is 8.58. The molecule has 1 unspecified atom stereocenters. The first kappa shape index (κ1) is 18.0. The van der Waals surface area contributed by atoms with Gasteiger partial charge in [-0.2, -0.15) is 0 Å². The van der Waals surface area contributed by atoms with Crippen LogP contribution in [0.5, 0.6) is 0 Å². The summed E-state index contributed by atoms with van der Waals surface area (Å²) in [5.74, 6) is 0. The third kappa shape index (κ3) is 3.95. The molecule has 5 nitrogen and oxygen atoms in total. The zero-order valence-corrected chi connectivity index (χ0v) is 14.6. The average molecular weight is 374 g/mol. The van der Waals surface area contributed by atoms with Gasteiger partial charge in [0.2, 0.25) is 10.0 Å². The predicted octanol–water partition coefficient (Wildman–Crippen LogP) is 3.09. The summed E-state index contributed by atoms with van der Waals surface area (Å²) in [6.45, 7) is 0. The van der Waals surface area contributed by atoms with Gasteiger partial charge >= 0.3 is 0 Å². The molecule has 1 heterocycles. The Morgan fingerprint density at radius 3 is 2.78 bits per heavy atom. The fourth-order valence-electron chi connectivity index (χ4n) is 2.75. The number of sulfonamides is 1. The van der Waals surface area contributed by atoms with Crippen molar-refractivity contribution in [2.24, 2.45) is 0 Å². The largest absolute Gasteiger partial charge is 0.399 e. The van der Waals surface area contributed by atoms with Gasteiger partial charge in [-0.15, -0.1) is 12.4 Å². The van der Waals surface area contributed by atoms with Crippen molar-refractivity contribution in [2.45, 2.75) is 30.2 Å². The smallest absolute Gasteiger partial charge is 0.242 e. The van der Waals surface area contributed by atoms with Crippen LogP contribution in [0.4, 0.5) is 5.69 Å². The van der Waals surface area contributed by atoms with E-state index in [9.17, 15) is 8.42 Å². The number of aryl methyl sites for hydroxylation is 1. The topological polar surface area (TPSA) is 85.1 Å². The minimum atomic E-state index is -3.66. The molecule has 0 aliphatic heterocycles. The maximum absolute atomic E-state index is 12.5. The van der Waals surface area contributed by atoms with Gasteiger partial charge < -0.3 is 5.73 Å². The van der Waals surface area contributed by atoms with Crippen LogP contribution >= 0.6 is 24.0 Å². The summed E-state index contributed by atoms with van der Waals surface area (Å²) in [6, 6.07) is 6.74. The van der Waals surface area contributed by atoms with Gasteiger partial charge in [0.25, 0.3) is 0 Å². The average Bonchev–Trinajstić information content (AvgIpc) is 2.47. The third-order valence-corrected chi connectivity index (χ3v) is 5.41. The van der Waals surface area contributed by atoms with Crippen molar-refractivity contribution in [1.82, 2.24) is 9.71 Å². The summed E-state index contributed by atoms with van der Waals surface area (Å²) in [4.78, 5) is 3.90. The van der Waals surface area contributed by atoms with Crippen LogP contribution in [0.15, 0.2) is 41.6 Å². The van der Waals surface area contributed by atoms with Gasteiger partial charge in [0, 0.05) is 24.1 Å². The maximum atomic E-state index is 12.5. The standard InChI is InChI=1S/C15H16ClN3O2S.ClH/c16-11-7-13(9-18-8-11)22(20,21)19-15-3-1-2-10-6-12(17)4-5-14(10)15;/h4-9,15,19H,1-3,17H2;1H. The second-order valence-corrected chi connectivity index (χ2v) is 7.51. The van der Waals surface area contributed by atoms with Crippen LogP contribution in [0.2, 0.25) is 5.02 Å². The van der Waals surface area contributed by atoms with Crippen LogP contribution in [0.1, 0.15) is 30.0 Å². The number of halogens is 2. The van der Waals surface area contributed by atoms with E-state index in [0.29, 0.717) is 10.7 Å². The highest BCUT2D eigenvalue weighted by Gasteiger charge is 2.26. The lowest BCUT2D eigenvalue weighted by Gasteiger charge is -2.26. The van der Waals surface area contributed by atoms with E-state index in [2.05, 4.69) is 9.71 Å². The minimum Gasteiger partial charge on any atom is -0.399 e. The van der Waals surface area contributed by atoms with Crippen LogP contribution in [0.25, 0.3) is 0 Å². The number of hydrogen-bond acceptors (Lipinski definition) is 4. The second kappa shape index (κ2) is 7.05. The van der Waals surface area contributed by atoms with E-state index >= 15 is 0 Å². The quantitative estimate of drug-likeness (QED) is 0.809. The highest BCUT2D eigenvalue weighted by molar-refractivity contribution is 7.89. The SMILES string of the molecule is Cl.Nc1ccc2c(c1)CCCC2NS(=O)(=O)c1cncc(Cl)c1. The van der Waals surface area contributed by atoms with Gasteiger partial charge in [-0.1, -0.05) is 17.7 Å². The van der Waals surface area contributed by atoms with Crippen molar-refractivity contribution in [3.05, 3.63) is 52.8 Å². The van der Waals surface area contributed by atoms with Gasteiger partial charge in [0.1, 0.15) is 4.90 Å². The molecular formula is C15H17Cl2N3O2S. The normalized spacial score (nSPS) is 17.2. The molecule has 23 heavy (non-hydrogen) atoms. The maximum Gasteiger partial charge on any atom is 0.242 e. The molecule has 0 saturated heterocycles. The van der Waals surface area contributed by atoms with Crippen molar-refractivity contribution in [1.29, 1.82) is 0 Å². The first-order valence-corrected chi connectivity index (χ1v) is 8.83. The molecule has 124 valence electrons. The molecule has 8 heteroatoms. The van der Waals surface area contributed by atoms with E-state index in [1.807, 2.05) is 12.1 Å². The lowest BCUT2D eigenvalue weighted by atomic mass is 9.88. The lowest BCUT2D eigenvalue weighted by Crippen LogP contribution is -2.31. The molecule has 3 rings (SSSR count). The van der Waals surface area contributed by atoms with Crippen LogP contribution in [-0.4, -0.2) is 13.4 Å². The Labute approximate surface area is 146 Å². The Morgan fingerprint density at radius 1 is 1.26 bits per heavy atom. The number of aromatic nitrogens is 1. The minimum absolute atomic E-state index is 0. The van der Waals surface area contributed by atoms with E-state index in [4.69, 9.17) is 17.3 Å². The lowest BCUT2D eigenvalue weighted by molar-refractivity contribution is 0.507. The second-order valence-electron chi connectivity index (χ2n) is 5.36. The molecule has 1 atom stereocenters. The summed E-state index contributed by atoms with van der Waals surface area (Å²) < 4.78 is 27.7. The van der Waals surface area contributed by atoms with Crippen LogP contribution < -0.4 is 10.5 Å². The molecule has 0 bridgehead atoms. The number of benzene rings is 1. The Kier molecular flexibility index (Phi) is 5.52. The Balaban J connectivity index is 0.00000192. The van der Waals surface area contributed by atoms with Gasteiger partial charge in [-0.25, -0.2) is 13.1 Å². The monoisotopic (exact) mass is 373 g/mol. The molecule has 0 amide bonds. The molecule has 1 aromatic carbocycles. The molecule has 1 aliphatic rings. The molecule has 1 aliphatic carbocycles.